The Morgan fingerprint density at radius 2 is 1.76 bits per heavy atom. The molecule has 5 rings (SSSR count). The lowest BCUT2D eigenvalue weighted by atomic mass is 9.77. The summed E-state index contributed by atoms with van der Waals surface area (Å²) in [5.74, 6) is 1.99. The fraction of sp³-hybridized carbons (Fsp3) is 0.415. The van der Waals surface area contributed by atoms with Crippen molar-refractivity contribution in [2.75, 3.05) is 18.6 Å². The van der Waals surface area contributed by atoms with Gasteiger partial charge in [0.15, 0.2) is 0 Å². The van der Waals surface area contributed by atoms with Gasteiger partial charge in [-0.05, 0) is 117 Å². The third-order valence-electron chi connectivity index (χ3n) is 9.19. The predicted molar refractivity (Wildman–Crippen MR) is 202 cm³/mol. The van der Waals surface area contributed by atoms with Crippen LogP contribution in [0.15, 0.2) is 84.5 Å². The van der Waals surface area contributed by atoms with E-state index in [0.717, 1.165) is 58.7 Å². The number of para-hydroxylation sites is 1. The molecule has 1 heterocycles. The summed E-state index contributed by atoms with van der Waals surface area (Å²) < 4.78 is 17.9. The molecule has 0 spiro atoms. The summed E-state index contributed by atoms with van der Waals surface area (Å²) in [6, 6.07) is 22.0. The SMILES string of the molecule is C=CC(=O)OCCCCCCOc1ccc(CCC(=O)Oc2ccc(C3CCC(CCC)CC3)cc2/C=N/Nc2nc3ccccc3s2)cc1. The van der Waals surface area contributed by atoms with E-state index >= 15 is 0 Å². The largest absolute Gasteiger partial charge is 0.494 e. The molecule has 9 heteroatoms. The van der Waals surface area contributed by atoms with Crippen molar-refractivity contribution in [2.45, 2.75) is 89.9 Å². The molecule has 0 saturated heterocycles. The number of hydrogen-bond acceptors (Lipinski definition) is 9. The van der Waals surface area contributed by atoms with Gasteiger partial charge in [0.2, 0.25) is 5.13 Å². The third-order valence-corrected chi connectivity index (χ3v) is 10.1. The zero-order chi connectivity index (χ0) is 35.0. The van der Waals surface area contributed by atoms with Crippen LogP contribution in [-0.2, 0) is 20.7 Å². The first kappa shape index (κ1) is 36.8. The Kier molecular flexibility index (Phi) is 14.4. The topological polar surface area (TPSA) is 99.1 Å². The average molecular weight is 696 g/mol. The molecule has 1 fully saturated rings. The fourth-order valence-electron chi connectivity index (χ4n) is 6.44. The minimum atomic E-state index is -0.376. The summed E-state index contributed by atoms with van der Waals surface area (Å²) in [5, 5.41) is 5.21. The van der Waals surface area contributed by atoms with Gasteiger partial charge in [-0.25, -0.2) is 9.78 Å². The van der Waals surface area contributed by atoms with Crippen LogP contribution < -0.4 is 14.9 Å². The number of thiazole rings is 1. The number of benzene rings is 3. The lowest BCUT2D eigenvalue weighted by Gasteiger charge is -2.29. The molecule has 8 nitrogen and oxygen atoms in total. The lowest BCUT2D eigenvalue weighted by Crippen LogP contribution is -2.14. The van der Waals surface area contributed by atoms with Crippen LogP contribution in [0.5, 0.6) is 11.5 Å². The van der Waals surface area contributed by atoms with E-state index in [0.29, 0.717) is 36.4 Å². The van der Waals surface area contributed by atoms with Crippen LogP contribution in [0.1, 0.15) is 100 Å². The number of anilines is 1. The molecule has 1 saturated carbocycles. The predicted octanol–water partition coefficient (Wildman–Crippen LogP) is 10.0. The number of fused-ring (bicyclic) bond motifs is 1. The highest BCUT2D eigenvalue weighted by Gasteiger charge is 2.23. The molecule has 0 amide bonds. The molecule has 0 bridgehead atoms. The summed E-state index contributed by atoms with van der Waals surface area (Å²) in [4.78, 5) is 28.7. The Morgan fingerprint density at radius 1 is 0.980 bits per heavy atom. The molecule has 3 aromatic carbocycles. The monoisotopic (exact) mass is 695 g/mol. The molecule has 1 N–H and O–H groups in total. The molecule has 1 aromatic heterocycles. The van der Waals surface area contributed by atoms with E-state index in [-0.39, 0.29) is 18.4 Å². The minimum Gasteiger partial charge on any atom is -0.494 e. The van der Waals surface area contributed by atoms with Crippen molar-refractivity contribution in [3.63, 3.8) is 0 Å². The number of hydrogen-bond donors (Lipinski definition) is 1. The highest BCUT2D eigenvalue weighted by atomic mass is 32.1. The van der Waals surface area contributed by atoms with Crippen LogP contribution in [0, 0.1) is 5.92 Å². The van der Waals surface area contributed by atoms with E-state index in [1.807, 2.05) is 54.6 Å². The lowest BCUT2D eigenvalue weighted by molar-refractivity contribution is -0.138. The number of aryl methyl sites for hydroxylation is 1. The number of hydrazone groups is 1. The van der Waals surface area contributed by atoms with Crippen molar-refractivity contribution in [1.82, 2.24) is 4.98 Å². The van der Waals surface area contributed by atoms with Gasteiger partial charge in [0, 0.05) is 18.1 Å². The standard InChI is InChI=1S/C41H49N3O5S/c1-3-11-30-14-19-32(20-15-30)33-21-24-37(34(28-33)29-42-44-41-43-36-12-7-8-13-38(36)50-41)49-40(46)25-18-31-16-22-35(23-17-31)47-26-9-5-6-10-27-48-39(45)4-2/h4,7-8,12-13,16-17,21-24,28-30,32H,2-3,5-6,9-11,14-15,18-20,25-27H2,1H3,(H,43,44)/b42-29+. The number of ether oxygens (including phenoxy) is 3. The van der Waals surface area contributed by atoms with Gasteiger partial charge in [0.1, 0.15) is 11.5 Å². The summed E-state index contributed by atoms with van der Waals surface area (Å²) in [5.41, 5.74) is 7.09. The number of carbonyl (C=O) groups is 2. The van der Waals surface area contributed by atoms with Crippen LogP contribution in [-0.4, -0.2) is 36.4 Å². The molecule has 50 heavy (non-hydrogen) atoms. The highest BCUT2D eigenvalue weighted by Crippen LogP contribution is 2.38. The Bertz CT molecular complexity index is 1680. The average Bonchev–Trinajstić information content (AvgIpc) is 3.56. The Labute approximate surface area is 299 Å². The molecule has 1 aliphatic carbocycles. The molecule has 0 aliphatic heterocycles. The second kappa shape index (κ2) is 19.6. The molecule has 4 aromatic rings. The van der Waals surface area contributed by atoms with Gasteiger partial charge in [0.05, 0.1) is 29.6 Å². The maximum Gasteiger partial charge on any atom is 0.330 e. The second-order valence-corrected chi connectivity index (χ2v) is 13.9. The Balaban J connectivity index is 1.12. The quantitative estimate of drug-likeness (QED) is 0.0260. The number of nitrogens with one attached hydrogen (secondary N) is 1. The van der Waals surface area contributed by atoms with Crippen molar-refractivity contribution >= 4 is 44.8 Å². The van der Waals surface area contributed by atoms with E-state index in [1.165, 1.54) is 50.2 Å². The number of aromatic nitrogens is 1. The first-order chi connectivity index (χ1) is 24.5. The maximum absolute atomic E-state index is 13.1. The van der Waals surface area contributed by atoms with Crippen LogP contribution >= 0.6 is 11.3 Å². The number of unbranched alkanes of at least 4 members (excludes halogenated alkanes) is 3. The normalized spacial score (nSPS) is 15.9. The first-order valence-electron chi connectivity index (χ1n) is 18.0. The smallest absolute Gasteiger partial charge is 0.330 e. The van der Waals surface area contributed by atoms with Crippen molar-refractivity contribution in [2.24, 2.45) is 11.0 Å². The summed E-state index contributed by atoms with van der Waals surface area (Å²) in [6.45, 7) is 6.71. The van der Waals surface area contributed by atoms with Gasteiger partial charge in [-0.3, -0.25) is 10.2 Å². The fourth-order valence-corrected chi connectivity index (χ4v) is 7.25. The first-order valence-corrected chi connectivity index (χ1v) is 18.8. The molecule has 0 radical (unpaired) electrons. The van der Waals surface area contributed by atoms with Crippen molar-refractivity contribution < 1.29 is 23.8 Å². The molecule has 0 unspecified atom stereocenters. The minimum absolute atomic E-state index is 0.256. The van der Waals surface area contributed by atoms with E-state index in [4.69, 9.17) is 14.2 Å². The van der Waals surface area contributed by atoms with Gasteiger partial charge in [-0.1, -0.05) is 68.0 Å². The summed E-state index contributed by atoms with van der Waals surface area (Å²) in [6.07, 6.45) is 14.9. The Hall–Kier alpha value is -4.50. The van der Waals surface area contributed by atoms with E-state index in [2.05, 4.69) is 41.1 Å². The van der Waals surface area contributed by atoms with Crippen molar-refractivity contribution in [3.05, 3.63) is 96.1 Å². The van der Waals surface area contributed by atoms with E-state index in [1.54, 1.807) is 17.6 Å². The molecular formula is C41H49N3O5S. The summed E-state index contributed by atoms with van der Waals surface area (Å²) in [7, 11) is 0. The van der Waals surface area contributed by atoms with Crippen LogP contribution in [0.25, 0.3) is 10.2 Å². The molecular weight excluding hydrogens is 647 g/mol. The number of esters is 2. The van der Waals surface area contributed by atoms with Crippen molar-refractivity contribution in [1.29, 1.82) is 0 Å². The zero-order valence-electron chi connectivity index (χ0n) is 29.1. The van der Waals surface area contributed by atoms with Crippen LogP contribution in [0.4, 0.5) is 5.13 Å². The van der Waals surface area contributed by atoms with Gasteiger partial charge in [-0.15, -0.1) is 0 Å². The molecule has 0 atom stereocenters. The van der Waals surface area contributed by atoms with Crippen LogP contribution in [0.3, 0.4) is 0 Å². The van der Waals surface area contributed by atoms with Gasteiger partial charge >= 0.3 is 11.9 Å². The number of nitrogens with zero attached hydrogens (tertiary/aromatic N) is 2. The summed E-state index contributed by atoms with van der Waals surface area (Å²) >= 11 is 1.55. The molecule has 264 valence electrons. The second-order valence-electron chi connectivity index (χ2n) is 12.9. The van der Waals surface area contributed by atoms with Gasteiger partial charge in [-0.2, -0.15) is 5.10 Å². The Morgan fingerprint density at radius 3 is 2.52 bits per heavy atom. The number of carbonyl (C=O) groups excluding carboxylic acids is 2. The molecule has 1 aliphatic rings. The van der Waals surface area contributed by atoms with E-state index < -0.39 is 0 Å². The van der Waals surface area contributed by atoms with Crippen molar-refractivity contribution in [3.8, 4) is 11.5 Å². The number of rotatable bonds is 19. The highest BCUT2D eigenvalue weighted by molar-refractivity contribution is 7.22. The maximum atomic E-state index is 13.1. The van der Waals surface area contributed by atoms with Gasteiger partial charge < -0.3 is 14.2 Å². The van der Waals surface area contributed by atoms with Crippen LogP contribution in [0.2, 0.25) is 0 Å². The van der Waals surface area contributed by atoms with E-state index in [9.17, 15) is 9.59 Å². The zero-order valence-corrected chi connectivity index (χ0v) is 29.9. The third kappa shape index (κ3) is 11.5. The van der Waals surface area contributed by atoms with Gasteiger partial charge in [0.25, 0.3) is 0 Å².